The molecule has 5 aromatic rings. The van der Waals surface area contributed by atoms with Crippen molar-refractivity contribution in [1.82, 2.24) is 0 Å². The van der Waals surface area contributed by atoms with Gasteiger partial charge in [-0.15, -0.1) is 0 Å². The van der Waals surface area contributed by atoms with Crippen LogP contribution in [-0.2, 0) is 20.2 Å². The Labute approximate surface area is 297 Å². The van der Waals surface area contributed by atoms with Gasteiger partial charge in [-0.05, 0) is 135 Å². The molecule has 0 radical (unpaired) electrons. The Bertz CT molecular complexity index is 2170. The number of anilines is 4. The van der Waals surface area contributed by atoms with Crippen LogP contribution in [0.2, 0.25) is 0 Å². The SMILES string of the molecule is Cc1ccc(C)c(S(=O)(=O)Oc2ccc(NC(=O)Nc3cccc(NC(=O)Nc4ccc(OS(=O)(=O)c5cc(C)ccc5C)cc4)c3C)cc2)c1. The van der Waals surface area contributed by atoms with Crippen LogP contribution < -0.4 is 29.6 Å². The number of aryl methyl sites for hydroxylation is 4. The van der Waals surface area contributed by atoms with Gasteiger partial charge in [-0.3, -0.25) is 0 Å². The summed E-state index contributed by atoms with van der Waals surface area (Å²) in [6, 6.07) is 25.7. The molecule has 0 aliphatic rings. The first kappa shape index (κ1) is 36.4. The Morgan fingerprint density at radius 1 is 0.490 bits per heavy atom. The van der Waals surface area contributed by atoms with Crippen LogP contribution in [0.5, 0.6) is 11.5 Å². The van der Waals surface area contributed by atoms with E-state index in [0.717, 1.165) is 11.1 Å². The molecule has 0 unspecified atom stereocenters. The van der Waals surface area contributed by atoms with Crippen molar-refractivity contribution in [1.29, 1.82) is 0 Å². The van der Waals surface area contributed by atoms with E-state index in [1.807, 2.05) is 12.1 Å². The normalized spacial score (nSPS) is 11.3. The molecule has 5 rings (SSSR count). The van der Waals surface area contributed by atoms with E-state index in [0.29, 0.717) is 39.4 Å². The highest BCUT2D eigenvalue weighted by molar-refractivity contribution is 7.87. The zero-order valence-corrected chi connectivity index (χ0v) is 30.0. The molecule has 12 nitrogen and oxygen atoms in total. The summed E-state index contributed by atoms with van der Waals surface area (Å²) in [5.41, 5.74) is 4.89. The molecular weight excluding hydrogens is 693 g/mol. The third-order valence-electron chi connectivity index (χ3n) is 7.69. The number of rotatable bonds is 10. The van der Waals surface area contributed by atoms with E-state index in [9.17, 15) is 26.4 Å². The van der Waals surface area contributed by atoms with Crippen LogP contribution in [0.4, 0.5) is 32.3 Å². The average molecular weight is 729 g/mol. The zero-order chi connectivity index (χ0) is 36.9. The molecule has 0 spiro atoms. The summed E-state index contributed by atoms with van der Waals surface area (Å²) in [5.74, 6) is 0.167. The molecule has 0 heterocycles. The van der Waals surface area contributed by atoms with Crippen LogP contribution in [0.25, 0.3) is 0 Å². The first-order valence-electron chi connectivity index (χ1n) is 15.6. The predicted octanol–water partition coefficient (Wildman–Crippen LogP) is 8.05. The van der Waals surface area contributed by atoms with Crippen molar-refractivity contribution in [2.24, 2.45) is 0 Å². The fourth-order valence-electron chi connectivity index (χ4n) is 4.96. The highest BCUT2D eigenvalue weighted by Gasteiger charge is 2.21. The Kier molecular flexibility index (Phi) is 10.7. The number of benzene rings is 5. The maximum atomic E-state index is 12.8. The maximum absolute atomic E-state index is 12.8. The smallest absolute Gasteiger partial charge is 0.339 e. The van der Waals surface area contributed by atoms with Crippen molar-refractivity contribution in [3.8, 4) is 11.5 Å². The molecule has 4 amide bonds. The first-order chi connectivity index (χ1) is 24.1. The number of amides is 4. The van der Waals surface area contributed by atoms with Gasteiger partial charge < -0.3 is 29.6 Å². The number of carbonyl (C=O) groups is 2. The minimum atomic E-state index is -4.06. The second kappa shape index (κ2) is 14.9. The lowest BCUT2D eigenvalue weighted by Gasteiger charge is -2.15. The number of hydrogen-bond donors (Lipinski definition) is 4. The summed E-state index contributed by atoms with van der Waals surface area (Å²) in [4.78, 5) is 25.8. The number of nitrogens with one attached hydrogen (secondary N) is 4. The topological polar surface area (TPSA) is 169 Å². The summed E-state index contributed by atoms with van der Waals surface area (Å²) in [6.07, 6.45) is 0. The van der Waals surface area contributed by atoms with Crippen molar-refractivity contribution < 1.29 is 34.8 Å². The molecule has 14 heteroatoms. The van der Waals surface area contributed by atoms with E-state index in [4.69, 9.17) is 8.37 Å². The minimum Gasteiger partial charge on any atom is -0.379 e. The summed E-state index contributed by atoms with van der Waals surface area (Å²) in [6.45, 7) is 8.68. The summed E-state index contributed by atoms with van der Waals surface area (Å²) in [5, 5.41) is 10.8. The molecule has 0 saturated carbocycles. The van der Waals surface area contributed by atoms with Gasteiger partial charge in [-0.25, -0.2) is 9.59 Å². The van der Waals surface area contributed by atoms with E-state index >= 15 is 0 Å². The lowest BCUT2D eigenvalue weighted by molar-refractivity contribution is 0.261. The largest absolute Gasteiger partial charge is 0.379 e. The molecule has 5 aromatic carbocycles. The van der Waals surface area contributed by atoms with Crippen LogP contribution in [0.3, 0.4) is 0 Å². The highest BCUT2D eigenvalue weighted by Crippen LogP contribution is 2.27. The number of hydrogen-bond acceptors (Lipinski definition) is 8. The molecule has 0 saturated heterocycles. The quantitative estimate of drug-likeness (QED) is 0.105. The Morgan fingerprint density at radius 3 is 1.24 bits per heavy atom. The van der Waals surface area contributed by atoms with Crippen LogP contribution in [-0.4, -0.2) is 28.9 Å². The van der Waals surface area contributed by atoms with Crippen molar-refractivity contribution >= 4 is 55.0 Å². The average Bonchev–Trinajstić information content (AvgIpc) is 3.06. The second-order valence-electron chi connectivity index (χ2n) is 11.8. The van der Waals surface area contributed by atoms with E-state index < -0.39 is 32.3 Å². The van der Waals surface area contributed by atoms with Crippen LogP contribution in [0, 0.1) is 34.6 Å². The van der Waals surface area contributed by atoms with Gasteiger partial charge in [-0.1, -0.05) is 30.3 Å². The van der Waals surface area contributed by atoms with E-state index in [1.165, 1.54) is 48.5 Å². The molecular formula is C37H36N4O8S2. The van der Waals surface area contributed by atoms with Crippen LogP contribution in [0.1, 0.15) is 27.8 Å². The molecule has 0 bridgehead atoms. The Morgan fingerprint density at radius 2 is 0.863 bits per heavy atom. The predicted molar refractivity (Wildman–Crippen MR) is 197 cm³/mol. The third kappa shape index (κ3) is 9.23. The lowest BCUT2D eigenvalue weighted by atomic mass is 10.1. The van der Waals surface area contributed by atoms with Gasteiger partial charge in [0, 0.05) is 22.7 Å². The van der Waals surface area contributed by atoms with Crippen LogP contribution >= 0.6 is 0 Å². The zero-order valence-electron chi connectivity index (χ0n) is 28.4. The van der Waals surface area contributed by atoms with Gasteiger partial charge in [0.15, 0.2) is 0 Å². The highest BCUT2D eigenvalue weighted by atomic mass is 32.2. The van der Waals surface area contributed by atoms with Crippen molar-refractivity contribution in [2.45, 2.75) is 44.4 Å². The Hall–Kier alpha value is -5.86. The Balaban J connectivity index is 1.15. The third-order valence-corrected chi connectivity index (χ3v) is 10.5. The van der Waals surface area contributed by atoms with Crippen molar-refractivity contribution in [2.75, 3.05) is 21.3 Å². The van der Waals surface area contributed by atoms with E-state index in [1.54, 1.807) is 77.1 Å². The molecule has 0 fully saturated rings. The van der Waals surface area contributed by atoms with Gasteiger partial charge in [0.2, 0.25) is 0 Å². The van der Waals surface area contributed by atoms with Gasteiger partial charge in [0.05, 0.1) is 0 Å². The monoisotopic (exact) mass is 728 g/mol. The maximum Gasteiger partial charge on any atom is 0.339 e. The molecule has 0 aromatic heterocycles. The van der Waals surface area contributed by atoms with Gasteiger partial charge >= 0.3 is 32.3 Å². The van der Waals surface area contributed by atoms with Gasteiger partial charge in [0.1, 0.15) is 21.3 Å². The molecule has 0 atom stereocenters. The van der Waals surface area contributed by atoms with Crippen molar-refractivity contribution in [3.05, 3.63) is 131 Å². The van der Waals surface area contributed by atoms with Gasteiger partial charge in [0.25, 0.3) is 0 Å². The molecule has 0 aliphatic heterocycles. The molecule has 4 N–H and O–H groups in total. The van der Waals surface area contributed by atoms with Crippen molar-refractivity contribution in [3.63, 3.8) is 0 Å². The lowest BCUT2D eigenvalue weighted by Crippen LogP contribution is -2.22. The summed E-state index contributed by atoms with van der Waals surface area (Å²) >= 11 is 0. The minimum absolute atomic E-state index is 0.0807. The van der Waals surface area contributed by atoms with E-state index in [2.05, 4.69) is 21.3 Å². The fourth-order valence-corrected chi connectivity index (χ4v) is 7.45. The summed E-state index contributed by atoms with van der Waals surface area (Å²) < 4.78 is 61.9. The molecule has 0 aliphatic carbocycles. The standard InChI is InChI=1S/C37H36N4O8S2/c1-23-9-11-25(3)34(21-23)50(44,45)48-30-17-13-28(14-18-30)38-36(42)40-32-7-6-8-33(27(32)5)41-37(43)39-29-15-19-31(20-16-29)49-51(46,47)35-22-24(2)10-12-26(35)4/h6-22H,1-5H3,(H2,38,40,42)(H2,39,41,43). The van der Waals surface area contributed by atoms with E-state index in [-0.39, 0.29) is 21.3 Å². The molecule has 51 heavy (non-hydrogen) atoms. The van der Waals surface area contributed by atoms with Gasteiger partial charge in [-0.2, -0.15) is 16.8 Å². The van der Waals surface area contributed by atoms with Crippen LogP contribution in [0.15, 0.2) is 113 Å². The number of urea groups is 2. The molecule has 264 valence electrons. The second-order valence-corrected chi connectivity index (χ2v) is 14.8. The summed E-state index contributed by atoms with van der Waals surface area (Å²) in [7, 11) is -8.11. The fraction of sp³-hybridized carbons (Fsp3) is 0.135. The number of carbonyl (C=O) groups excluding carboxylic acids is 2. The first-order valence-corrected chi connectivity index (χ1v) is 18.4.